The van der Waals surface area contributed by atoms with Crippen molar-refractivity contribution in [2.24, 2.45) is 0 Å². The third kappa shape index (κ3) is 3.63. The molecular weight excluding hydrogens is 342 g/mol. The Labute approximate surface area is 158 Å². The second-order valence-electron chi connectivity index (χ2n) is 7.03. The van der Waals surface area contributed by atoms with E-state index in [1.165, 1.54) is 0 Å². The molecule has 2 aromatic heterocycles. The van der Waals surface area contributed by atoms with Crippen LogP contribution in [0.4, 0.5) is 0 Å². The smallest absolute Gasteiger partial charge is 0.222 e. The summed E-state index contributed by atoms with van der Waals surface area (Å²) in [6, 6.07) is 10.2. The first-order valence-corrected chi connectivity index (χ1v) is 9.28. The fourth-order valence-electron chi connectivity index (χ4n) is 3.63. The van der Waals surface area contributed by atoms with Crippen molar-refractivity contribution >= 4 is 5.91 Å². The van der Waals surface area contributed by atoms with Crippen molar-refractivity contribution in [3.05, 3.63) is 53.5 Å². The minimum Gasteiger partial charge on any atom is -0.361 e. The highest BCUT2D eigenvalue weighted by Gasteiger charge is 2.28. The van der Waals surface area contributed by atoms with Gasteiger partial charge in [-0.25, -0.2) is 4.68 Å². The predicted molar refractivity (Wildman–Crippen MR) is 100.0 cm³/mol. The van der Waals surface area contributed by atoms with Gasteiger partial charge >= 0.3 is 0 Å². The Morgan fingerprint density at radius 1 is 1.26 bits per heavy atom. The fourth-order valence-corrected chi connectivity index (χ4v) is 3.63. The number of carbonyl (C=O) groups excluding carboxylic acids is 1. The Bertz CT molecular complexity index is 912. The van der Waals surface area contributed by atoms with Gasteiger partial charge in [-0.05, 0) is 26.7 Å². The predicted octanol–water partition coefficient (Wildman–Crippen LogP) is 2.96. The summed E-state index contributed by atoms with van der Waals surface area (Å²) >= 11 is 0. The second-order valence-corrected chi connectivity index (χ2v) is 7.03. The van der Waals surface area contributed by atoms with E-state index in [-0.39, 0.29) is 11.9 Å². The highest BCUT2D eigenvalue weighted by Crippen LogP contribution is 2.24. The van der Waals surface area contributed by atoms with Crippen LogP contribution < -0.4 is 0 Å². The van der Waals surface area contributed by atoms with E-state index in [9.17, 15) is 4.79 Å². The number of likely N-dealkylation sites (tertiary alicyclic amines) is 1. The third-order valence-electron chi connectivity index (χ3n) is 5.24. The highest BCUT2D eigenvalue weighted by atomic mass is 16.5. The van der Waals surface area contributed by atoms with E-state index in [1.807, 2.05) is 60.0 Å². The van der Waals surface area contributed by atoms with Crippen molar-refractivity contribution in [2.75, 3.05) is 13.1 Å². The van der Waals surface area contributed by atoms with Gasteiger partial charge in [0.1, 0.15) is 11.5 Å². The van der Waals surface area contributed by atoms with Gasteiger partial charge in [-0.15, -0.1) is 5.10 Å². The fraction of sp³-hybridized carbons (Fsp3) is 0.400. The Balaban J connectivity index is 1.36. The molecule has 7 heteroatoms. The van der Waals surface area contributed by atoms with Crippen LogP contribution in [0.5, 0.6) is 0 Å². The normalized spacial score (nSPS) is 16.8. The van der Waals surface area contributed by atoms with Gasteiger partial charge in [0.05, 0.1) is 17.9 Å². The van der Waals surface area contributed by atoms with Gasteiger partial charge in [-0.3, -0.25) is 4.79 Å². The molecule has 1 atom stereocenters. The Morgan fingerprint density at radius 3 is 2.81 bits per heavy atom. The van der Waals surface area contributed by atoms with E-state index in [0.717, 1.165) is 41.2 Å². The minimum atomic E-state index is 0.167. The van der Waals surface area contributed by atoms with Crippen LogP contribution in [0.15, 0.2) is 41.1 Å². The summed E-state index contributed by atoms with van der Waals surface area (Å²) < 4.78 is 7.07. The maximum absolute atomic E-state index is 12.6. The Hall–Kier alpha value is -2.96. The largest absolute Gasteiger partial charge is 0.361 e. The van der Waals surface area contributed by atoms with Crippen LogP contribution in [0.1, 0.15) is 35.9 Å². The molecule has 0 unspecified atom stereocenters. The first-order valence-electron chi connectivity index (χ1n) is 9.28. The van der Waals surface area contributed by atoms with Crippen LogP contribution in [-0.2, 0) is 11.2 Å². The quantitative estimate of drug-likeness (QED) is 0.695. The van der Waals surface area contributed by atoms with Crippen LogP contribution in [0.2, 0.25) is 0 Å². The number of aromatic nitrogens is 4. The van der Waals surface area contributed by atoms with Crippen LogP contribution >= 0.6 is 0 Å². The van der Waals surface area contributed by atoms with Gasteiger partial charge in [-0.1, -0.05) is 40.7 Å². The van der Waals surface area contributed by atoms with Crippen molar-refractivity contribution in [1.82, 2.24) is 25.1 Å². The summed E-state index contributed by atoms with van der Waals surface area (Å²) in [5.74, 6) is 0.969. The molecule has 0 saturated carbocycles. The lowest BCUT2D eigenvalue weighted by Gasteiger charge is -2.16. The van der Waals surface area contributed by atoms with Crippen molar-refractivity contribution < 1.29 is 9.32 Å². The SMILES string of the molecule is Cc1noc(C)c1CCC(=O)N1CC[C@@H](n2cc(-c3ccccc3)nn2)C1. The number of rotatable bonds is 5. The lowest BCUT2D eigenvalue weighted by atomic mass is 10.1. The molecule has 3 aromatic rings. The van der Waals surface area contributed by atoms with Crippen LogP contribution in [-0.4, -0.2) is 44.0 Å². The molecule has 1 aliphatic heterocycles. The molecule has 1 amide bonds. The van der Waals surface area contributed by atoms with E-state index in [2.05, 4.69) is 15.5 Å². The monoisotopic (exact) mass is 365 g/mol. The van der Waals surface area contributed by atoms with Gasteiger partial charge in [0, 0.05) is 30.6 Å². The summed E-state index contributed by atoms with van der Waals surface area (Å²) in [4.78, 5) is 14.5. The zero-order chi connectivity index (χ0) is 18.8. The number of amides is 1. The first-order chi connectivity index (χ1) is 13.1. The third-order valence-corrected chi connectivity index (χ3v) is 5.24. The van der Waals surface area contributed by atoms with Gasteiger partial charge < -0.3 is 9.42 Å². The summed E-state index contributed by atoms with van der Waals surface area (Å²) in [5.41, 5.74) is 3.83. The summed E-state index contributed by atoms with van der Waals surface area (Å²) in [5, 5.41) is 12.5. The maximum atomic E-state index is 12.6. The van der Waals surface area contributed by atoms with Crippen molar-refractivity contribution in [1.29, 1.82) is 0 Å². The average molecular weight is 365 g/mol. The zero-order valence-corrected chi connectivity index (χ0v) is 15.6. The molecule has 7 nitrogen and oxygen atoms in total. The molecule has 4 rings (SSSR count). The molecule has 0 bridgehead atoms. The lowest BCUT2D eigenvalue weighted by molar-refractivity contribution is -0.130. The molecule has 1 saturated heterocycles. The standard InChI is InChI=1S/C20H23N5O2/c1-14-18(15(2)27-22-14)8-9-20(26)24-11-10-17(12-24)25-13-19(21-23-25)16-6-4-3-5-7-16/h3-7,13,17H,8-12H2,1-2H3/t17-/m1/s1. The molecule has 0 radical (unpaired) electrons. The Morgan fingerprint density at radius 2 is 2.07 bits per heavy atom. The number of hydrogen-bond acceptors (Lipinski definition) is 5. The summed E-state index contributed by atoms with van der Waals surface area (Å²) in [7, 11) is 0. The summed E-state index contributed by atoms with van der Waals surface area (Å²) in [6.45, 7) is 5.24. The number of hydrogen-bond donors (Lipinski definition) is 0. The molecular formula is C20H23N5O2. The average Bonchev–Trinajstić information content (AvgIpc) is 3.41. The molecule has 1 aliphatic rings. The molecule has 0 aliphatic carbocycles. The van der Waals surface area contributed by atoms with Crippen LogP contribution in [0, 0.1) is 13.8 Å². The number of benzene rings is 1. The molecule has 140 valence electrons. The molecule has 0 N–H and O–H groups in total. The maximum Gasteiger partial charge on any atom is 0.222 e. The molecule has 3 heterocycles. The number of nitrogens with zero attached hydrogens (tertiary/aromatic N) is 5. The summed E-state index contributed by atoms with van der Waals surface area (Å²) in [6.07, 6.45) is 4.01. The second kappa shape index (κ2) is 7.34. The van der Waals surface area contributed by atoms with Gasteiger partial charge in [0.15, 0.2) is 0 Å². The minimum absolute atomic E-state index is 0.167. The topological polar surface area (TPSA) is 77.0 Å². The van der Waals surface area contributed by atoms with Gasteiger partial charge in [-0.2, -0.15) is 0 Å². The van der Waals surface area contributed by atoms with Gasteiger partial charge in [0.25, 0.3) is 0 Å². The Kier molecular flexibility index (Phi) is 4.75. The zero-order valence-electron chi connectivity index (χ0n) is 15.6. The van der Waals surface area contributed by atoms with Crippen molar-refractivity contribution in [3.63, 3.8) is 0 Å². The van der Waals surface area contributed by atoms with Crippen LogP contribution in [0.25, 0.3) is 11.3 Å². The van der Waals surface area contributed by atoms with E-state index >= 15 is 0 Å². The molecule has 1 fully saturated rings. The molecule has 1 aromatic carbocycles. The first kappa shape index (κ1) is 17.5. The van der Waals surface area contributed by atoms with E-state index < -0.39 is 0 Å². The molecule has 0 spiro atoms. The number of aryl methyl sites for hydroxylation is 2. The van der Waals surface area contributed by atoms with Gasteiger partial charge in [0.2, 0.25) is 5.91 Å². The lowest BCUT2D eigenvalue weighted by Crippen LogP contribution is -2.29. The van der Waals surface area contributed by atoms with Crippen molar-refractivity contribution in [2.45, 2.75) is 39.2 Å². The van der Waals surface area contributed by atoms with E-state index in [4.69, 9.17) is 4.52 Å². The van der Waals surface area contributed by atoms with E-state index in [1.54, 1.807) is 0 Å². The highest BCUT2D eigenvalue weighted by molar-refractivity contribution is 5.76. The van der Waals surface area contributed by atoms with Crippen LogP contribution in [0.3, 0.4) is 0 Å². The number of carbonyl (C=O) groups is 1. The van der Waals surface area contributed by atoms with E-state index in [0.29, 0.717) is 19.4 Å². The molecule has 27 heavy (non-hydrogen) atoms. The van der Waals surface area contributed by atoms with Crippen molar-refractivity contribution in [3.8, 4) is 11.3 Å².